The third-order valence-electron chi connectivity index (χ3n) is 6.47. The van der Waals surface area contributed by atoms with Gasteiger partial charge in [-0.25, -0.2) is 8.42 Å². The van der Waals surface area contributed by atoms with Gasteiger partial charge in [0.2, 0.25) is 21.8 Å². The molecule has 2 heterocycles. The molecule has 0 N–H and O–H groups in total. The Kier molecular flexibility index (Phi) is 7.13. The van der Waals surface area contributed by atoms with E-state index in [-0.39, 0.29) is 67.7 Å². The molecule has 34 heavy (non-hydrogen) atoms. The average Bonchev–Trinajstić information content (AvgIpc) is 3.11. The average molecular weight is 490 g/mol. The van der Waals surface area contributed by atoms with Crippen molar-refractivity contribution in [1.29, 1.82) is 0 Å². The molecule has 10 nitrogen and oxygen atoms in total. The van der Waals surface area contributed by atoms with Crippen LogP contribution in [0.25, 0.3) is 0 Å². The van der Waals surface area contributed by atoms with Gasteiger partial charge < -0.3 is 9.64 Å². The van der Waals surface area contributed by atoms with E-state index < -0.39 is 28.5 Å². The second-order valence-electron chi connectivity index (χ2n) is 8.49. The van der Waals surface area contributed by atoms with Crippen molar-refractivity contribution in [2.45, 2.75) is 24.2 Å². The lowest BCUT2D eigenvalue weighted by Crippen LogP contribution is -2.51. The number of sulfonamides is 1. The number of likely N-dealkylation sites (tertiary alicyclic amines) is 1. The summed E-state index contributed by atoms with van der Waals surface area (Å²) in [4.78, 5) is 52.2. The van der Waals surface area contributed by atoms with Gasteiger partial charge in [-0.2, -0.15) is 4.31 Å². The van der Waals surface area contributed by atoms with Crippen molar-refractivity contribution in [2.24, 2.45) is 11.8 Å². The van der Waals surface area contributed by atoms with Crippen molar-refractivity contribution in [1.82, 2.24) is 14.1 Å². The quantitative estimate of drug-likeness (QED) is 0.309. The van der Waals surface area contributed by atoms with Crippen LogP contribution in [-0.4, -0.2) is 85.5 Å². The van der Waals surface area contributed by atoms with Crippen LogP contribution in [0.2, 0.25) is 0 Å². The maximum Gasteiger partial charge on any atom is 0.308 e. The number of nitrogens with zero attached hydrogens (tertiary/aromatic N) is 3. The first-order valence-corrected chi connectivity index (χ1v) is 12.7. The summed E-state index contributed by atoms with van der Waals surface area (Å²) >= 11 is 0. The van der Waals surface area contributed by atoms with E-state index in [1.807, 2.05) is 12.2 Å². The highest BCUT2D eigenvalue weighted by Gasteiger charge is 2.47. The number of hydrogen-bond donors (Lipinski definition) is 0. The molecule has 4 rings (SSSR count). The Hall–Kier alpha value is -3.05. The van der Waals surface area contributed by atoms with Gasteiger partial charge in [0.15, 0.2) is 6.61 Å². The van der Waals surface area contributed by atoms with Crippen LogP contribution in [0, 0.1) is 11.8 Å². The number of amides is 3. The summed E-state index contributed by atoms with van der Waals surface area (Å²) in [5.74, 6) is -2.31. The Morgan fingerprint density at radius 1 is 0.912 bits per heavy atom. The lowest BCUT2D eigenvalue weighted by molar-refractivity contribution is -0.153. The Bertz CT molecular complexity index is 1070. The minimum atomic E-state index is -3.62. The molecule has 3 aliphatic rings. The standard InChI is InChI=1S/C23H27N3O7S/c27-20(24-12-14-25(15-13-24)34(31,32)17-6-2-1-3-7-17)16-33-21(28)10-11-26-22(29)18-8-4-5-9-19(18)23(26)30/h1-7,18-19H,8-16H2/t18-,19-/m0/s1. The molecule has 0 aromatic heterocycles. The van der Waals surface area contributed by atoms with Gasteiger partial charge in [0, 0.05) is 32.7 Å². The number of carbonyl (C=O) groups is 4. The summed E-state index contributed by atoms with van der Waals surface area (Å²) in [7, 11) is -3.62. The topological polar surface area (TPSA) is 121 Å². The molecule has 0 spiro atoms. The van der Waals surface area contributed by atoms with Gasteiger partial charge in [0.1, 0.15) is 0 Å². The number of piperazine rings is 1. The van der Waals surface area contributed by atoms with E-state index in [4.69, 9.17) is 4.74 Å². The molecule has 0 bridgehead atoms. The van der Waals surface area contributed by atoms with Crippen LogP contribution in [0.4, 0.5) is 0 Å². The molecular weight excluding hydrogens is 462 g/mol. The molecule has 1 aliphatic carbocycles. The fourth-order valence-electron chi connectivity index (χ4n) is 4.52. The molecule has 0 unspecified atom stereocenters. The van der Waals surface area contributed by atoms with Crippen molar-refractivity contribution in [3.8, 4) is 0 Å². The van der Waals surface area contributed by atoms with E-state index in [0.717, 1.165) is 4.90 Å². The third-order valence-corrected chi connectivity index (χ3v) is 8.38. The first-order valence-electron chi connectivity index (χ1n) is 11.3. The predicted molar refractivity (Wildman–Crippen MR) is 119 cm³/mol. The zero-order chi connectivity index (χ0) is 24.3. The zero-order valence-corrected chi connectivity index (χ0v) is 19.5. The molecule has 1 aromatic rings. The van der Waals surface area contributed by atoms with Crippen LogP contribution in [0.5, 0.6) is 0 Å². The zero-order valence-electron chi connectivity index (χ0n) is 18.7. The molecule has 2 fully saturated rings. The van der Waals surface area contributed by atoms with E-state index in [2.05, 4.69) is 0 Å². The number of benzene rings is 1. The second kappa shape index (κ2) is 10.1. The maximum atomic E-state index is 12.7. The predicted octanol–water partition coefficient (Wildman–Crippen LogP) is 0.404. The van der Waals surface area contributed by atoms with Gasteiger partial charge in [-0.1, -0.05) is 30.4 Å². The summed E-state index contributed by atoms with van der Waals surface area (Å²) < 4.78 is 31.7. The summed E-state index contributed by atoms with van der Waals surface area (Å²) in [5, 5.41) is 0. The minimum Gasteiger partial charge on any atom is -0.456 e. The number of rotatable bonds is 7. The molecule has 11 heteroatoms. The highest BCUT2D eigenvalue weighted by atomic mass is 32.2. The molecule has 1 aromatic carbocycles. The van der Waals surface area contributed by atoms with Crippen molar-refractivity contribution < 1.29 is 32.3 Å². The lowest BCUT2D eigenvalue weighted by atomic mass is 9.85. The molecule has 0 saturated carbocycles. The van der Waals surface area contributed by atoms with Gasteiger partial charge in [0.25, 0.3) is 5.91 Å². The number of esters is 1. The van der Waals surface area contributed by atoms with Gasteiger partial charge >= 0.3 is 5.97 Å². The van der Waals surface area contributed by atoms with Gasteiger partial charge in [0.05, 0.1) is 23.2 Å². The molecular formula is C23H27N3O7S. The first-order chi connectivity index (χ1) is 16.3. The number of carbonyl (C=O) groups excluding carboxylic acids is 4. The third kappa shape index (κ3) is 4.90. The molecule has 0 radical (unpaired) electrons. The van der Waals surface area contributed by atoms with Crippen LogP contribution in [-0.2, 0) is 33.9 Å². The summed E-state index contributed by atoms with van der Waals surface area (Å²) in [6.07, 6.45) is 4.68. The number of imide groups is 1. The SMILES string of the molecule is O=C(CCN1C(=O)[C@H]2CC=CC[C@@H]2C1=O)OCC(=O)N1CCN(S(=O)(=O)c2ccccc2)CC1. The van der Waals surface area contributed by atoms with Gasteiger partial charge in [-0.15, -0.1) is 0 Å². The smallest absolute Gasteiger partial charge is 0.308 e. The molecule has 3 amide bonds. The maximum absolute atomic E-state index is 12.7. The molecule has 182 valence electrons. The van der Waals surface area contributed by atoms with Crippen molar-refractivity contribution in [3.63, 3.8) is 0 Å². The van der Waals surface area contributed by atoms with E-state index in [1.54, 1.807) is 18.2 Å². The highest BCUT2D eigenvalue weighted by Crippen LogP contribution is 2.35. The number of ether oxygens (including phenoxy) is 1. The van der Waals surface area contributed by atoms with E-state index in [0.29, 0.717) is 12.8 Å². The lowest BCUT2D eigenvalue weighted by Gasteiger charge is -2.33. The number of hydrogen-bond acceptors (Lipinski definition) is 7. The number of allylic oxidation sites excluding steroid dienone is 2. The van der Waals surface area contributed by atoms with Gasteiger partial charge in [-0.3, -0.25) is 24.1 Å². The minimum absolute atomic E-state index is 0.0618. The normalized spacial score (nSPS) is 23.2. The van der Waals surface area contributed by atoms with Crippen LogP contribution in [0.1, 0.15) is 19.3 Å². The van der Waals surface area contributed by atoms with Crippen molar-refractivity contribution in [3.05, 3.63) is 42.5 Å². The highest BCUT2D eigenvalue weighted by molar-refractivity contribution is 7.89. The Labute approximate surface area is 198 Å². The van der Waals surface area contributed by atoms with Crippen molar-refractivity contribution >= 4 is 33.7 Å². The Morgan fingerprint density at radius 2 is 1.50 bits per heavy atom. The Morgan fingerprint density at radius 3 is 2.09 bits per heavy atom. The number of fused-ring (bicyclic) bond motifs is 1. The summed E-state index contributed by atoms with van der Waals surface area (Å²) in [6.45, 7) is 0.141. The molecule has 2 saturated heterocycles. The van der Waals surface area contributed by atoms with Gasteiger partial charge in [-0.05, 0) is 25.0 Å². The fraction of sp³-hybridized carbons (Fsp3) is 0.478. The van der Waals surface area contributed by atoms with Crippen LogP contribution in [0.3, 0.4) is 0 Å². The molecule has 2 atom stereocenters. The Balaban J connectivity index is 1.20. The second-order valence-corrected chi connectivity index (χ2v) is 10.4. The largest absolute Gasteiger partial charge is 0.456 e. The van der Waals surface area contributed by atoms with E-state index >= 15 is 0 Å². The first kappa shape index (κ1) is 24.1. The van der Waals surface area contributed by atoms with Crippen LogP contribution < -0.4 is 0 Å². The molecule has 2 aliphatic heterocycles. The fourth-order valence-corrected chi connectivity index (χ4v) is 5.96. The van der Waals surface area contributed by atoms with E-state index in [1.165, 1.54) is 21.3 Å². The summed E-state index contributed by atoms with van der Waals surface area (Å²) in [5.41, 5.74) is 0. The van der Waals surface area contributed by atoms with Crippen LogP contribution >= 0.6 is 0 Å². The van der Waals surface area contributed by atoms with Crippen molar-refractivity contribution in [2.75, 3.05) is 39.3 Å². The monoisotopic (exact) mass is 489 g/mol. The van der Waals surface area contributed by atoms with E-state index in [9.17, 15) is 27.6 Å². The van der Waals surface area contributed by atoms with Crippen LogP contribution in [0.15, 0.2) is 47.4 Å². The summed E-state index contributed by atoms with van der Waals surface area (Å²) in [6, 6.07) is 8.10.